The summed E-state index contributed by atoms with van der Waals surface area (Å²) in [5.74, 6) is -0.0335. The van der Waals surface area contributed by atoms with E-state index >= 15 is 4.39 Å². The van der Waals surface area contributed by atoms with Crippen LogP contribution in [0.5, 0.6) is 0 Å². The maximum Gasteiger partial charge on any atom is 0.271 e. The lowest BCUT2D eigenvalue weighted by molar-refractivity contribution is -0.121. The minimum absolute atomic E-state index is 0.170. The molecule has 194 valence electrons. The lowest BCUT2D eigenvalue weighted by atomic mass is 9.90. The van der Waals surface area contributed by atoms with Crippen LogP contribution in [0.1, 0.15) is 55.4 Å². The topological polar surface area (TPSA) is 77.0 Å². The molecule has 2 amide bonds. The first kappa shape index (κ1) is 26.1. The van der Waals surface area contributed by atoms with Gasteiger partial charge in [0.1, 0.15) is 11.5 Å². The third kappa shape index (κ3) is 6.22. The Balaban J connectivity index is 1.36. The van der Waals surface area contributed by atoms with Crippen molar-refractivity contribution in [1.29, 1.82) is 0 Å². The van der Waals surface area contributed by atoms with E-state index in [-0.39, 0.29) is 23.9 Å². The van der Waals surface area contributed by atoms with Gasteiger partial charge in [0, 0.05) is 51.5 Å². The number of pyridine rings is 1. The molecule has 2 heterocycles. The fourth-order valence-electron chi connectivity index (χ4n) is 5.43. The van der Waals surface area contributed by atoms with Gasteiger partial charge in [-0.05, 0) is 74.6 Å². The van der Waals surface area contributed by atoms with Gasteiger partial charge in [-0.25, -0.2) is 4.39 Å². The number of amides is 2. The molecule has 1 saturated heterocycles. The molecule has 4 rings (SSSR count). The number of rotatable bonds is 8. The summed E-state index contributed by atoms with van der Waals surface area (Å²) < 4.78 is 15.2. The first-order valence-corrected chi connectivity index (χ1v) is 13.0. The highest BCUT2D eigenvalue weighted by atomic mass is 19.1. The van der Waals surface area contributed by atoms with E-state index in [0.29, 0.717) is 23.8 Å². The highest BCUT2D eigenvalue weighted by molar-refractivity contribution is 5.92. The zero-order valence-electron chi connectivity index (χ0n) is 21.3. The van der Waals surface area contributed by atoms with Crippen LogP contribution in [0.25, 0.3) is 11.1 Å². The zero-order valence-corrected chi connectivity index (χ0v) is 21.3. The third-order valence-electron chi connectivity index (χ3n) is 7.60. The van der Waals surface area contributed by atoms with E-state index in [1.165, 1.54) is 11.0 Å². The molecule has 1 aromatic carbocycles. The van der Waals surface area contributed by atoms with Crippen molar-refractivity contribution in [3.8, 4) is 11.1 Å². The van der Waals surface area contributed by atoms with Gasteiger partial charge in [-0.3, -0.25) is 14.6 Å². The van der Waals surface area contributed by atoms with Crippen molar-refractivity contribution in [3.63, 3.8) is 0 Å². The first-order valence-electron chi connectivity index (χ1n) is 13.0. The predicted octanol–water partition coefficient (Wildman–Crippen LogP) is 3.96. The summed E-state index contributed by atoms with van der Waals surface area (Å²) in [6.07, 6.45) is 8.54. The van der Waals surface area contributed by atoms with Crippen LogP contribution < -0.4 is 4.90 Å². The monoisotopic (exact) mass is 496 g/mol. The molecule has 1 aromatic heterocycles. The molecule has 0 spiro atoms. The number of hydrogen-bond donors (Lipinski definition) is 1. The van der Waals surface area contributed by atoms with E-state index in [4.69, 9.17) is 0 Å². The van der Waals surface area contributed by atoms with Crippen LogP contribution in [0.15, 0.2) is 36.5 Å². The van der Waals surface area contributed by atoms with Gasteiger partial charge < -0.3 is 19.8 Å². The number of aliphatic hydroxyl groups excluding tert-OH is 1. The van der Waals surface area contributed by atoms with Crippen molar-refractivity contribution in [2.24, 2.45) is 5.92 Å². The summed E-state index contributed by atoms with van der Waals surface area (Å²) in [6.45, 7) is 2.30. The number of aliphatic hydroxyl groups is 1. The summed E-state index contributed by atoms with van der Waals surface area (Å²) >= 11 is 0. The molecule has 2 aliphatic rings. The normalized spacial score (nSPS) is 22.2. The Kier molecular flexibility index (Phi) is 8.56. The van der Waals surface area contributed by atoms with Crippen molar-refractivity contribution in [2.75, 3.05) is 38.6 Å². The van der Waals surface area contributed by atoms with Gasteiger partial charge in [0.15, 0.2) is 0 Å². The van der Waals surface area contributed by atoms with Crippen molar-refractivity contribution >= 4 is 18.0 Å². The Morgan fingerprint density at radius 1 is 1.14 bits per heavy atom. The van der Waals surface area contributed by atoms with Crippen molar-refractivity contribution < 1.29 is 19.1 Å². The quantitative estimate of drug-likeness (QED) is 0.560. The Morgan fingerprint density at radius 2 is 1.89 bits per heavy atom. The molecule has 0 bridgehead atoms. The van der Waals surface area contributed by atoms with Crippen molar-refractivity contribution in [3.05, 3.63) is 48.0 Å². The number of carbonyl (C=O) groups excluding carboxylic acids is 2. The second kappa shape index (κ2) is 11.8. The van der Waals surface area contributed by atoms with Crippen LogP contribution in [-0.2, 0) is 4.79 Å². The number of nitrogens with zero attached hydrogens (tertiary/aromatic N) is 4. The average Bonchev–Trinajstić information content (AvgIpc) is 2.89. The summed E-state index contributed by atoms with van der Waals surface area (Å²) in [5.41, 5.74) is 2.44. The van der Waals surface area contributed by atoms with Gasteiger partial charge in [0.2, 0.25) is 6.41 Å². The predicted molar refractivity (Wildman–Crippen MR) is 138 cm³/mol. The Bertz CT molecular complexity index is 1040. The summed E-state index contributed by atoms with van der Waals surface area (Å²) in [6, 6.07) is 8.95. The van der Waals surface area contributed by atoms with Crippen LogP contribution in [0.4, 0.5) is 10.1 Å². The fraction of sp³-hybridized carbons (Fsp3) is 0.536. The SMILES string of the molecule is CN(C)C(=O)c1ccc(-c2ccc(N3CCC[C@H](CCN(C=O)C4CCC(O)CC4)C3)c(F)c2)cn1. The first-order chi connectivity index (χ1) is 17.4. The minimum Gasteiger partial charge on any atom is -0.393 e. The number of benzene rings is 1. The van der Waals surface area contributed by atoms with Gasteiger partial charge in [-0.2, -0.15) is 0 Å². The van der Waals surface area contributed by atoms with Gasteiger partial charge in [-0.15, -0.1) is 0 Å². The van der Waals surface area contributed by atoms with Crippen LogP contribution in [-0.4, -0.2) is 78.1 Å². The maximum atomic E-state index is 15.2. The molecule has 0 unspecified atom stereocenters. The number of piperidine rings is 1. The van der Waals surface area contributed by atoms with Gasteiger partial charge in [-0.1, -0.05) is 12.1 Å². The van der Waals surface area contributed by atoms with Crippen LogP contribution in [0.2, 0.25) is 0 Å². The second-order valence-electron chi connectivity index (χ2n) is 10.3. The van der Waals surface area contributed by atoms with E-state index in [1.54, 1.807) is 32.4 Å². The van der Waals surface area contributed by atoms with Crippen molar-refractivity contribution in [1.82, 2.24) is 14.8 Å². The fourth-order valence-corrected chi connectivity index (χ4v) is 5.43. The maximum absolute atomic E-state index is 15.2. The van der Waals surface area contributed by atoms with Gasteiger partial charge >= 0.3 is 0 Å². The molecule has 1 atom stereocenters. The van der Waals surface area contributed by atoms with E-state index in [1.807, 2.05) is 17.0 Å². The molecule has 1 N–H and O–H groups in total. The molecule has 2 fully saturated rings. The smallest absolute Gasteiger partial charge is 0.271 e. The number of halogens is 1. The molecule has 7 nitrogen and oxygen atoms in total. The van der Waals surface area contributed by atoms with Crippen LogP contribution in [0, 0.1) is 11.7 Å². The average molecular weight is 497 g/mol. The van der Waals surface area contributed by atoms with Gasteiger partial charge in [0.05, 0.1) is 11.8 Å². The number of anilines is 1. The lowest BCUT2D eigenvalue weighted by Crippen LogP contribution is -2.41. The molecular formula is C28H37FN4O3. The minimum atomic E-state index is -0.267. The molecule has 1 aliphatic carbocycles. The highest BCUT2D eigenvalue weighted by Gasteiger charge is 2.26. The summed E-state index contributed by atoms with van der Waals surface area (Å²) in [4.78, 5) is 33.5. The van der Waals surface area contributed by atoms with E-state index in [2.05, 4.69) is 9.88 Å². The van der Waals surface area contributed by atoms with E-state index < -0.39 is 0 Å². The highest BCUT2D eigenvalue weighted by Crippen LogP contribution is 2.31. The van der Waals surface area contributed by atoms with E-state index in [9.17, 15) is 14.7 Å². The Morgan fingerprint density at radius 3 is 2.53 bits per heavy atom. The third-order valence-corrected chi connectivity index (χ3v) is 7.60. The molecule has 2 aromatic rings. The number of carbonyl (C=O) groups is 2. The Labute approximate surface area is 212 Å². The van der Waals surface area contributed by atoms with Gasteiger partial charge in [0.25, 0.3) is 5.91 Å². The van der Waals surface area contributed by atoms with Crippen molar-refractivity contribution in [2.45, 2.75) is 57.1 Å². The largest absolute Gasteiger partial charge is 0.393 e. The molecular weight excluding hydrogens is 459 g/mol. The molecule has 1 saturated carbocycles. The number of aromatic nitrogens is 1. The van der Waals surface area contributed by atoms with E-state index in [0.717, 1.165) is 75.6 Å². The molecule has 36 heavy (non-hydrogen) atoms. The molecule has 8 heteroatoms. The molecule has 0 radical (unpaired) electrons. The summed E-state index contributed by atoms with van der Waals surface area (Å²) in [5, 5.41) is 9.75. The van der Waals surface area contributed by atoms with Crippen LogP contribution >= 0.6 is 0 Å². The lowest BCUT2D eigenvalue weighted by Gasteiger charge is -2.37. The van der Waals surface area contributed by atoms with Crippen LogP contribution in [0.3, 0.4) is 0 Å². The second-order valence-corrected chi connectivity index (χ2v) is 10.3. The summed E-state index contributed by atoms with van der Waals surface area (Å²) in [7, 11) is 3.36. The Hall–Kier alpha value is -3.00. The number of hydrogen-bond acceptors (Lipinski definition) is 5. The standard InChI is InChI=1S/C28H37FN4O3/c1-31(2)28(36)26-11-5-22(17-30-26)21-6-12-27(25(29)16-21)32-14-3-4-20(18-32)13-15-33(19-34)23-7-9-24(35)10-8-23/h5-6,11-12,16-17,19-20,23-24,35H,3-4,7-10,13-15,18H2,1-2H3/t20-,23?,24?/m1/s1. The molecule has 1 aliphatic heterocycles. The zero-order chi connectivity index (χ0) is 25.7.